The van der Waals surface area contributed by atoms with E-state index in [-0.39, 0.29) is 5.91 Å². The number of anilines is 1. The summed E-state index contributed by atoms with van der Waals surface area (Å²) in [7, 11) is 0. The fourth-order valence-corrected chi connectivity index (χ4v) is 2.22. The predicted octanol–water partition coefficient (Wildman–Crippen LogP) is 1.84. The van der Waals surface area contributed by atoms with E-state index in [9.17, 15) is 4.79 Å². The number of nitrogens with one attached hydrogen (secondary N) is 2. The normalized spacial score (nSPS) is 10.3. The average molecular weight is 235 g/mol. The van der Waals surface area contributed by atoms with Gasteiger partial charge in [-0.3, -0.25) is 4.79 Å². The highest BCUT2D eigenvalue weighted by molar-refractivity contribution is 7.11. The first-order valence-corrected chi connectivity index (χ1v) is 5.87. The monoisotopic (exact) mass is 235 g/mol. The molecule has 0 aliphatic rings. The maximum atomic E-state index is 10.7. The van der Waals surface area contributed by atoms with Crippen LogP contribution in [0.1, 0.15) is 6.92 Å². The smallest absolute Gasteiger partial charge is 0.216 e. The van der Waals surface area contributed by atoms with Crippen molar-refractivity contribution in [1.82, 2.24) is 9.69 Å². The molecule has 0 spiro atoms. The summed E-state index contributed by atoms with van der Waals surface area (Å²) in [6.45, 7) is 2.86. The largest absolute Gasteiger partial charge is 0.373 e. The Morgan fingerprint density at radius 3 is 3.00 bits per heavy atom. The Morgan fingerprint density at radius 1 is 1.38 bits per heavy atom. The molecule has 5 heteroatoms. The van der Waals surface area contributed by atoms with Gasteiger partial charge in [-0.2, -0.15) is 4.37 Å². The van der Waals surface area contributed by atoms with E-state index in [1.165, 1.54) is 18.5 Å². The average Bonchev–Trinajstić information content (AvgIpc) is 2.68. The Morgan fingerprint density at radius 2 is 2.19 bits per heavy atom. The second-order valence-corrected chi connectivity index (χ2v) is 4.21. The first-order chi connectivity index (χ1) is 7.77. The zero-order valence-electron chi connectivity index (χ0n) is 8.99. The van der Waals surface area contributed by atoms with Gasteiger partial charge in [0.25, 0.3) is 0 Å². The van der Waals surface area contributed by atoms with Crippen molar-refractivity contribution in [3.8, 4) is 0 Å². The van der Waals surface area contributed by atoms with Crippen molar-refractivity contribution in [2.45, 2.75) is 6.92 Å². The minimum absolute atomic E-state index is 0.00374. The molecule has 1 aromatic carbocycles. The van der Waals surface area contributed by atoms with Gasteiger partial charge in [-0.25, -0.2) is 0 Å². The summed E-state index contributed by atoms with van der Waals surface area (Å²) in [4.78, 5) is 10.7. The van der Waals surface area contributed by atoms with Crippen LogP contribution in [-0.4, -0.2) is 23.4 Å². The van der Waals surface area contributed by atoms with E-state index in [0.717, 1.165) is 15.9 Å². The van der Waals surface area contributed by atoms with Gasteiger partial charge in [0.1, 0.15) is 5.00 Å². The summed E-state index contributed by atoms with van der Waals surface area (Å²) < 4.78 is 4.32. The number of hydrogen-bond donors (Lipinski definition) is 2. The molecule has 0 aliphatic carbocycles. The van der Waals surface area contributed by atoms with Crippen LogP contribution in [0.15, 0.2) is 24.3 Å². The van der Waals surface area contributed by atoms with Gasteiger partial charge < -0.3 is 10.6 Å². The molecule has 0 aliphatic heterocycles. The summed E-state index contributed by atoms with van der Waals surface area (Å²) in [5.74, 6) is -0.00374. The van der Waals surface area contributed by atoms with Crippen molar-refractivity contribution >= 4 is 33.3 Å². The molecular formula is C11H13N3OS. The molecule has 0 radical (unpaired) electrons. The summed E-state index contributed by atoms with van der Waals surface area (Å²) in [5.41, 5.74) is 1.01. The molecule has 1 heterocycles. The standard InChI is InChI=1S/C11H13N3OS/c1-8(15)12-6-7-13-11-9-4-2-3-5-10(9)14-16-11/h2-5,13H,6-7H2,1H3,(H,12,15). The zero-order chi connectivity index (χ0) is 11.4. The van der Waals surface area contributed by atoms with Gasteiger partial charge >= 0.3 is 0 Å². The molecule has 0 bridgehead atoms. The number of rotatable bonds is 4. The maximum absolute atomic E-state index is 10.7. The molecular weight excluding hydrogens is 222 g/mol. The lowest BCUT2D eigenvalue weighted by molar-refractivity contribution is -0.118. The van der Waals surface area contributed by atoms with Crippen LogP contribution >= 0.6 is 11.5 Å². The Bertz CT molecular complexity index is 495. The van der Waals surface area contributed by atoms with Crippen LogP contribution in [0, 0.1) is 0 Å². The number of carbonyl (C=O) groups is 1. The van der Waals surface area contributed by atoms with Gasteiger partial charge in [0.2, 0.25) is 5.91 Å². The number of aromatic nitrogens is 1. The van der Waals surface area contributed by atoms with Crippen LogP contribution in [0.4, 0.5) is 5.00 Å². The highest BCUT2D eigenvalue weighted by Gasteiger charge is 2.03. The maximum Gasteiger partial charge on any atom is 0.216 e. The number of nitrogens with zero attached hydrogens (tertiary/aromatic N) is 1. The SMILES string of the molecule is CC(=O)NCCNc1snc2ccccc12. The number of carbonyl (C=O) groups excluding carboxylic acids is 1. The van der Waals surface area contributed by atoms with Crippen molar-refractivity contribution in [3.05, 3.63) is 24.3 Å². The highest BCUT2D eigenvalue weighted by Crippen LogP contribution is 2.26. The second kappa shape index (κ2) is 4.94. The lowest BCUT2D eigenvalue weighted by Crippen LogP contribution is -2.26. The molecule has 0 atom stereocenters. The highest BCUT2D eigenvalue weighted by atomic mass is 32.1. The van der Waals surface area contributed by atoms with E-state index in [1.807, 2.05) is 24.3 Å². The number of benzene rings is 1. The van der Waals surface area contributed by atoms with Crippen molar-refractivity contribution in [2.24, 2.45) is 0 Å². The molecule has 16 heavy (non-hydrogen) atoms. The summed E-state index contributed by atoms with van der Waals surface area (Å²) in [6.07, 6.45) is 0. The first-order valence-electron chi connectivity index (χ1n) is 5.10. The molecule has 2 rings (SSSR count). The molecule has 0 saturated heterocycles. The number of amides is 1. The van der Waals surface area contributed by atoms with Crippen LogP contribution in [0.5, 0.6) is 0 Å². The van der Waals surface area contributed by atoms with Crippen molar-refractivity contribution in [3.63, 3.8) is 0 Å². The van der Waals surface area contributed by atoms with Gasteiger partial charge in [-0.1, -0.05) is 12.1 Å². The Balaban J connectivity index is 1.97. The molecule has 1 aromatic heterocycles. The third-order valence-corrected chi connectivity index (χ3v) is 3.00. The van der Waals surface area contributed by atoms with Crippen LogP contribution in [0.3, 0.4) is 0 Å². The molecule has 0 saturated carbocycles. The molecule has 4 nitrogen and oxygen atoms in total. The minimum Gasteiger partial charge on any atom is -0.373 e. The van der Waals surface area contributed by atoms with E-state index < -0.39 is 0 Å². The second-order valence-electron chi connectivity index (χ2n) is 3.44. The third kappa shape index (κ3) is 2.49. The quantitative estimate of drug-likeness (QED) is 0.795. The topological polar surface area (TPSA) is 54.0 Å². The molecule has 0 unspecified atom stereocenters. The summed E-state index contributed by atoms with van der Waals surface area (Å²) in [6, 6.07) is 8.00. The Hall–Kier alpha value is -1.62. The van der Waals surface area contributed by atoms with Gasteiger partial charge in [-0.15, -0.1) is 0 Å². The molecule has 2 N–H and O–H groups in total. The van der Waals surface area contributed by atoms with Gasteiger partial charge in [0.05, 0.1) is 5.52 Å². The van der Waals surface area contributed by atoms with Crippen molar-refractivity contribution < 1.29 is 4.79 Å². The number of hydrogen-bond acceptors (Lipinski definition) is 4. The summed E-state index contributed by atoms with van der Waals surface area (Å²) >= 11 is 1.45. The van der Waals surface area contributed by atoms with Crippen molar-refractivity contribution in [1.29, 1.82) is 0 Å². The van der Waals surface area contributed by atoms with E-state index in [0.29, 0.717) is 13.1 Å². The van der Waals surface area contributed by atoms with E-state index in [2.05, 4.69) is 15.0 Å². The van der Waals surface area contributed by atoms with Gasteiger partial charge in [0.15, 0.2) is 0 Å². The number of fused-ring (bicyclic) bond motifs is 1. The first kappa shape index (κ1) is 10.9. The van der Waals surface area contributed by atoms with E-state index in [1.54, 1.807) is 0 Å². The minimum atomic E-state index is -0.00374. The van der Waals surface area contributed by atoms with Gasteiger partial charge in [-0.05, 0) is 23.7 Å². The zero-order valence-corrected chi connectivity index (χ0v) is 9.80. The Labute approximate surface area is 97.8 Å². The third-order valence-electron chi connectivity index (χ3n) is 2.17. The van der Waals surface area contributed by atoms with Crippen LogP contribution < -0.4 is 10.6 Å². The van der Waals surface area contributed by atoms with Gasteiger partial charge in [0, 0.05) is 25.4 Å². The van der Waals surface area contributed by atoms with E-state index >= 15 is 0 Å². The predicted molar refractivity (Wildman–Crippen MR) is 66.8 cm³/mol. The fraction of sp³-hybridized carbons (Fsp3) is 0.273. The van der Waals surface area contributed by atoms with Crippen LogP contribution in [0.25, 0.3) is 10.9 Å². The Kier molecular flexibility index (Phi) is 3.36. The van der Waals surface area contributed by atoms with E-state index in [4.69, 9.17) is 0 Å². The molecule has 0 fully saturated rings. The lowest BCUT2D eigenvalue weighted by Gasteiger charge is -2.04. The van der Waals surface area contributed by atoms with Crippen molar-refractivity contribution in [2.75, 3.05) is 18.4 Å². The van der Waals surface area contributed by atoms with Crippen LogP contribution in [-0.2, 0) is 4.79 Å². The lowest BCUT2D eigenvalue weighted by atomic mass is 10.2. The fourth-order valence-electron chi connectivity index (χ4n) is 1.43. The molecule has 84 valence electrons. The summed E-state index contributed by atoms with van der Waals surface area (Å²) in [5, 5.41) is 8.19. The molecule has 1 amide bonds. The van der Waals surface area contributed by atoms with Crippen LogP contribution in [0.2, 0.25) is 0 Å². The molecule has 2 aromatic rings.